The minimum Gasteiger partial charge on any atom is -0.305 e. The number of rotatable bonds is 5. The van der Waals surface area contributed by atoms with Gasteiger partial charge in [0.1, 0.15) is 5.82 Å². The summed E-state index contributed by atoms with van der Waals surface area (Å²) in [5.41, 5.74) is 2.64. The van der Waals surface area contributed by atoms with Crippen LogP contribution in [0.15, 0.2) is 29.6 Å². The maximum atomic E-state index is 13.7. The highest BCUT2D eigenvalue weighted by atomic mass is 32.1. The van der Waals surface area contributed by atoms with Gasteiger partial charge >= 0.3 is 0 Å². The van der Waals surface area contributed by atoms with Gasteiger partial charge in [0.15, 0.2) is 0 Å². The fourth-order valence-corrected chi connectivity index (χ4v) is 3.66. The standard InChI is InChI=1S/C17H20FNS/c1-11-8-13(9-12(2)16(11)18)10-19-17(14-5-6-14)15-4-3-7-20-15/h3-4,7-9,14,17,19H,5-6,10H2,1-2H3. The average molecular weight is 289 g/mol. The van der Waals surface area contributed by atoms with Gasteiger partial charge in [-0.1, -0.05) is 18.2 Å². The maximum absolute atomic E-state index is 13.7. The average Bonchev–Trinajstić information content (AvgIpc) is 3.11. The van der Waals surface area contributed by atoms with Crippen LogP contribution in [0.1, 0.15) is 40.5 Å². The highest BCUT2D eigenvalue weighted by Crippen LogP contribution is 2.42. The van der Waals surface area contributed by atoms with E-state index in [1.165, 1.54) is 23.3 Å². The topological polar surface area (TPSA) is 12.0 Å². The van der Waals surface area contributed by atoms with Crippen LogP contribution in [0.4, 0.5) is 4.39 Å². The van der Waals surface area contributed by atoms with E-state index in [1.807, 2.05) is 37.3 Å². The van der Waals surface area contributed by atoms with Gasteiger partial charge in [0, 0.05) is 17.5 Å². The fraction of sp³-hybridized carbons (Fsp3) is 0.412. The second-order valence-electron chi connectivity index (χ2n) is 5.76. The Morgan fingerprint density at radius 2 is 2.00 bits per heavy atom. The van der Waals surface area contributed by atoms with E-state index in [2.05, 4.69) is 22.8 Å². The van der Waals surface area contributed by atoms with Crippen molar-refractivity contribution in [2.75, 3.05) is 0 Å². The molecule has 0 aliphatic heterocycles. The first-order valence-corrected chi connectivity index (χ1v) is 8.05. The van der Waals surface area contributed by atoms with Gasteiger partial charge in [-0.3, -0.25) is 0 Å². The zero-order valence-electron chi connectivity index (χ0n) is 11.9. The Kier molecular flexibility index (Phi) is 3.90. The van der Waals surface area contributed by atoms with Gasteiger partial charge in [0.2, 0.25) is 0 Å². The lowest BCUT2D eigenvalue weighted by atomic mass is 10.1. The number of hydrogen-bond donors (Lipinski definition) is 1. The van der Waals surface area contributed by atoms with Crippen molar-refractivity contribution >= 4 is 11.3 Å². The molecule has 106 valence electrons. The molecule has 1 unspecified atom stereocenters. The van der Waals surface area contributed by atoms with Gasteiger partial charge in [-0.15, -0.1) is 11.3 Å². The van der Waals surface area contributed by atoms with E-state index in [-0.39, 0.29) is 5.82 Å². The van der Waals surface area contributed by atoms with Crippen molar-refractivity contribution in [3.63, 3.8) is 0 Å². The first-order chi connectivity index (χ1) is 9.65. The quantitative estimate of drug-likeness (QED) is 0.838. The van der Waals surface area contributed by atoms with Crippen LogP contribution in [0.2, 0.25) is 0 Å². The summed E-state index contributed by atoms with van der Waals surface area (Å²) in [5, 5.41) is 5.80. The third-order valence-electron chi connectivity index (χ3n) is 3.97. The van der Waals surface area contributed by atoms with Crippen LogP contribution in [-0.2, 0) is 6.54 Å². The van der Waals surface area contributed by atoms with E-state index in [0.717, 1.165) is 23.6 Å². The van der Waals surface area contributed by atoms with Crippen LogP contribution in [0, 0.1) is 25.6 Å². The van der Waals surface area contributed by atoms with Crippen molar-refractivity contribution in [2.45, 2.75) is 39.3 Å². The maximum Gasteiger partial charge on any atom is 0.129 e. The third-order valence-corrected chi connectivity index (χ3v) is 4.92. The number of aryl methyl sites for hydroxylation is 2. The minimum absolute atomic E-state index is 0.0780. The van der Waals surface area contributed by atoms with Gasteiger partial charge in [-0.2, -0.15) is 0 Å². The molecule has 1 fully saturated rings. The molecule has 1 nitrogen and oxygen atoms in total. The number of thiophene rings is 1. The molecule has 1 N–H and O–H groups in total. The third kappa shape index (κ3) is 2.94. The van der Waals surface area contributed by atoms with Crippen molar-refractivity contribution in [3.8, 4) is 0 Å². The van der Waals surface area contributed by atoms with Crippen molar-refractivity contribution in [1.29, 1.82) is 0 Å². The number of hydrogen-bond acceptors (Lipinski definition) is 2. The summed E-state index contributed by atoms with van der Waals surface area (Å²) in [6.45, 7) is 4.48. The summed E-state index contributed by atoms with van der Waals surface area (Å²) in [5.74, 6) is 0.696. The summed E-state index contributed by atoms with van der Waals surface area (Å²) in [7, 11) is 0. The Hall–Kier alpha value is -1.19. The first kappa shape index (κ1) is 13.8. The van der Waals surface area contributed by atoms with E-state index >= 15 is 0 Å². The normalized spacial score (nSPS) is 16.4. The van der Waals surface area contributed by atoms with Gasteiger partial charge in [0.25, 0.3) is 0 Å². The molecule has 20 heavy (non-hydrogen) atoms. The zero-order valence-corrected chi connectivity index (χ0v) is 12.8. The molecule has 1 atom stereocenters. The van der Waals surface area contributed by atoms with Gasteiger partial charge in [-0.05, 0) is 60.7 Å². The van der Waals surface area contributed by atoms with E-state index in [1.54, 1.807) is 0 Å². The van der Waals surface area contributed by atoms with E-state index in [4.69, 9.17) is 0 Å². The van der Waals surface area contributed by atoms with Crippen LogP contribution >= 0.6 is 11.3 Å². The Balaban J connectivity index is 1.72. The second-order valence-corrected chi connectivity index (χ2v) is 6.73. The van der Waals surface area contributed by atoms with Gasteiger partial charge in [0.05, 0.1) is 0 Å². The predicted molar refractivity (Wildman–Crippen MR) is 82.5 cm³/mol. The predicted octanol–water partition coefficient (Wildman–Crippen LogP) is 4.74. The molecule has 1 heterocycles. The molecule has 1 saturated carbocycles. The summed E-state index contributed by atoms with van der Waals surface area (Å²) in [6, 6.07) is 8.69. The van der Waals surface area contributed by atoms with Crippen molar-refractivity contribution in [1.82, 2.24) is 5.32 Å². The largest absolute Gasteiger partial charge is 0.305 e. The van der Waals surface area contributed by atoms with Gasteiger partial charge in [-0.25, -0.2) is 4.39 Å². The monoisotopic (exact) mass is 289 g/mol. The molecule has 0 bridgehead atoms. The summed E-state index contributed by atoms with van der Waals surface area (Å²) >= 11 is 1.82. The molecule has 1 aliphatic rings. The molecule has 3 heteroatoms. The SMILES string of the molecule is Cc1cc(CNC(c2cccs2)C2CC2)cc(C)c1F. The lowest BCUT2D eigenvalue weighted by molar-refractivity contribution is 0.487. The number of nitrogens with one attached hydrogen (secondary N) is 1. The molecule has 0 amide bonds. The Labute approximate surface area is 123 Å². The highest BCUT2D eigenvalue weighted by molar-refractivity contribution is 7.10. The van der Waals surface area contributed by atoms with E-state index < -0.39 is 0 Å². The van der Waals surface area contributed by atoms with Crippen LogP contribution in [0.25, 0.3) is 0 Å². The lowest BCUT2D eigenvalue weighted by Crippen LogP contribution is -2.22. The van der Waals surface area contributed by atoms with Crippen molar-refractivity contribution < 1.29 is 4.39 Å². The van der Waals surface area contributed by atoms with Crippen LogP contribution in [-0.4, -0.2) is 0 Å². The molecule has 1 aromatic heterocycles. The smallest absolute Gasteiger partial charge is 0.129 e. The summed E-state index contributed by atoms with van der Waals surface area (Å²) in [4.78, 5) is 1.42. The summed E-state index contributed by atoms with van der Waals surface area (Å²) < 4.78 is 13.7. The molecular formula is C17H20FNS. The number of halogens is 1. The van der Waals surface area contributed by atoms with Crippen LogP contribution < -0.4 is 5.32 Å². The highest BCUT2D eigenvalue weighted by Gasteiger charge is 2.32. The van der Waals surface area contributed by atoms with Gasteiger partial charge < -0.3 is 5.32 Å². The Morgan fingerprint density at radius 3 is 2.55 bits per heavy atom. The fourth-order valence-electron chi connectivity index (χ4n) is 2.76. The van der Waals surface area contributed by atoms with Crippen molar-refractivity contribution in [2.24, 2.45) is 5.92 Å². The molecule has 1 aromatic carbocycles. The second kappa shape index (κ2) is 5.66. The molecule has 0 spiro atoms. The van der Waals surface area contributed by atoms with Crippen LogP contribution in [0.5, 0.6) is 0 Å². The molecule has 0 saturated heterocycles. The molecule has 2 aromatic rings. The van der Waals surface area contributed by atoms with Crippen LogP contribution in [0.3, 0.4) is 0 Å². The molecular weight excluding hydrogens is 269 g/mol. The Morgan fingerprint density at radius 1 is 1.30 bits per heavy atom. The van der Waals surface area contributed by atoms with E-state index in [9.17, 15) is 4.39 Å². The number of benzene rings is 1. The van der Waals surface area contributed by atoms with E-state index in [0.29, 0.717) is 6.04 Å². The minimum atomic E-state index is -0.0780. The lowest BCUT2D eigenvalue weighted by Gasteiger charge is -2.17. The first-order valence-electron chi connectivity index (χ1n) is 7.17. The van der Waals surface area contributed by atoms with Crippen molar-refractivity contribution in [3.05, 3.63) is 57.0 Å². The molecule has 0 radical (unpaired) electrons. The summed E-state index contributed by atoms with van der Waals surface area (Å²) in [6.07, 6.45) is 2.63. The Bertz CT molecular complexity index is 564. The zero-order chi connectivity index (χ0) is 14.1. The molecule has 1 aliphatic carbocycles. The molecule has 3 rings (SSSR count).